The Morgan fingerprint density at radius 3 is 2.20 bits per heavy atom. The molecule has 2 unspecified atom stereocenters. The van der Waals surface area contributed by atoms with Gasteiger partial charge in [-0.2, -0.15) is 0 Å². The van der Waals surface area contributed by atoms with Crippen LogP contribution >= 0.6 is 0 Å². The number of carboxylic acids is 1. The first-order valence-corrected chi connectivity index (χ1v) is 10.9. The number of nitrogens with one attached hydrogen (secondary N) is 1. The lowest BCUT2D eigenvalue weighted by atomic mass is 9.84. The van der Waals surface area contributed by atoms with Gasteiger partial charge in [0.15, 0.2) is 0 Å². The molecular formula is C23H41N3O4. The van der Waals surface area contributed by atoms with E-state index in [-0.39, 0.29) is 35.4 Å². The fraction of sp³-hybridized carbons (Fsp3) is 0.783. The number of likely N-dealkylation sites (tertiary alicyclic amines) is 1. The molecule has 0 aromatic carbocycles. The Bertz CT molecular complexity index is 666. The summed E-state index contributed by atoms with van der Waals surface area (Å²) in [5.74, 6) is -0.756. The summed E-state index contributed by atoms with van der Waals surface area (Å²) in [5, 5.41) is 12.3. The Morgan fingerprint density at radius 1 is 1.20 bits per heavy atom. The van der Waals surface area contributed by atoms with Gasteiger partial charge in [-0.1, -0.05) is 47.6 Å². The maximum Gasteiger partial charge on any atom is 0.331 e. The number of rotatable bonds is 7. The molecule has 0 bridgehead atoms. The molecular weight excluding hydrogens is 382 g/mol. The molecule has 0 spiro atoms. The smallest absolute Gasteiger partial charge is 0.331 e. The number of nitrogens with zero attached hydrogens (tertiary/aromatic N) is 2. The van der Waals surface area contributed by atoms with Crippen molar-refractivity contribution in [2.45, 2.75) is 79.4 Å². The third-order valence-corrected chi connectivity index (χ3v) is 6.00. The van der Waals surface area contributed by atoms with Crippen molar-refractivity contribution in [3.63, 3.8) is 0 Å². The molecule has 0 aromatic rings. The Hall–Kier alpha value is -1.89. The van der Waals surface area contributed by atoms with E-state index < -0.39 is 17.4 Å². The Balaban J connectivity index is 3.09. The fourth-order valence-corrected chi connectivity index (χ4v) is 4.02. The normalized spacial score (nSPS) is 23.1. The maximum absolute atomic E-state index is 13.5. The topological polar surface area (TPSA) is 90.0 Å². The van der Waals surface area contributed by atoms with Crippen molar-refractivity contribution in [3.05, 3.63) is 11.6 Å². The molecule has 1 saturated heterocycles. The van der Waals surface area contributed by atoms with E-state index in [2.05, 4.69) is 17.1 Å². The van der Waals surface area contributed by atoms with Gasteiger partial charge in [0.1, 0.15) is 6.04 Å². The summed E-state index contributed by atoms with van der Waals surface area (Å²) in [4.78, 5) is 41.4. The standard InChI is InChI=1S/C23H41N3O4/c1-14(2)18(12-16(4)22(29)30)26(9)21(28)19(23(5,6)7)24-20(27)17-11-10-15(3)13-25(17)8/h12,14-15,17-19H,10-11,13H2,1-9H3,(H,24,27)(H,29,30)/b16-12+/t15-,17?,18+,19?/m0/s1. The van der Waals surface area contributed by atoms with Gasteiger partial charge in [0.2, 0.25) is 11.8 Å². The fourth-order valence-electron chi connectivity index (χ4n) is 4.02. The summed E-state index contributed by atoms with van der Waals surface area (Å²) in [6.45, 7) is 14.3. The molecule has 0 radical (unpaired) electrons. The van der Waals surface area contributed by atoms with Crippen LogP contribution in [0, 0.1) is 17.3 Å². The molecule has 7 heteroatoms. The van der Waals surface area contributed by atoms with E-state index in [1.807, 2.05) is 41.7 Å². The molecule has 172 valence electrons. The highest BCUT2D eigenvalue weighted by Crippen LogP contribution is 2.25. The molecule has 0 saturated carbocycles. The van der Waals surface area contributed by atoms with Gasteiger partial charge in [-0.15, -0.1) is 0 Å². The van der Waals surface area contributed by atoms with Gasteiger partial charge in [-0.05, 0) is 44.1 Å². The number of amides is 2. The average Bonchev–Trinajstić information content (AvgIpc) is 2.61. The minimum atomic E-state index is -1.00. The number of likely N-dealkylation sites (N-methyl/N-ethyl adjacent to an activating group) is 2. The third kappa shape index (κ3) is 6.83. The molecule has 2 amide bonds. The average molecular weight is 424 g/mol. The summed E-state index contributed by atoms with van der Waals surface area (Å²) >= 11 is 0. The quantitative estimate of drug-likeness (QED) is 0.615. The lowest BCUT2D eigenvalue weighted by Crippen LogP contribution is -2.60. The van der Waals surface area contributed by atoms with Crippen molar-refractivity contribution >= 4 is 17.8 Å². The monoisotopic (exact) mass is 423 g/mol. The number of carbonyl (C=O) groups is 3. The minimum Gasteiger partial charge on any atom is -0.478 e. The first-order chi connectivity index (χ1) is 13.7. The summed E-state index contributed by atoms with van der Waals surface area (Å²) in [6, 6.07) is -1.32. The number of carbonyl (C=O) groups excluding carboxylic acids is 2. The van der Waals surface area contributed by atoms with E-state index in [4.69, 9.17) is 0 Å². The Kier molecular flexibility index (Phi) is 9.08. The SMILES string of the molecule is C/C(=C\[C@H](C(C)C)N(C)C(=O)C(NC(=O)C1CC[C@H](C)CN1C)C(C)(C)C)C(=O)O. The Labute approximate surface area is 181 Å². The first kappa shape index (κ1) is 26.1. The summed E-state index contributed by atoms with van der Waals surface area (Å²) < 4.78 is 0. The molecule has 4 atom stereocenters. The molecule has 30 heavy (non-hydrogen) atoms. The van der Waals surface area contributed by atoms with Gasteiger partial charge in [0.05, 0.1) is 12.1 Å². The highest BCUT2D eigenvalue weighted by molar-refractivity contribution is 5.91. The minimum absolute atomic E-state index is 0.0236. The van der Waals surface area contributed by atoms with Crippen molar-refractivity contribution in [2.24, 2.45) is 17.3 Å². The largest absolute Gasteiger partial charge is 0.478 e. The van der Waals surface area contributed by atoms with Crippen LogP contribution in [0.1, 0.15) is 61.3 Å². The lowest BCUT2D eigenvalue weighted by Gasteiger charge is -2.40. The van der Waals surface area contributed by atoms with Gasteiger partial charge in [0.25, 0.3) is 0 Å². The number of carboxylic acid groups (broad SMARTS) is 1. The van der Waals surface area contributed by atoms with Gasteiger partial charge in [0, 0.05) is 19.2 Å². The van der Waals surface area contributed by atoms with Crippen LogP contribution in [0.15, 0.2) is 11.6 Å². The predicted molar refractivity (Wildman–Crippen MR) is 119 cm³/mol. The van der Waals surface area contributed by atoms with Crippen LogP contribution in [-0.2, 0) is 14.4 Å². The summed E-state index contributed by atoms with van der Waals surface area (Å²) in [5.41, 5.74) is -0.295. The predicted octanol–water partition coefficient (Wildman–Crippen LogP) is 2.76. The van der Waals surface area contributed by atoms with Crippen LogP contribution < -0.4 is 5.32 Å². The molecule has 7 nitrogen and oxygen atoms in total. The molecule has 2 N–H and O–H groups in total. The Morgan fingerprint density at radius 2 is 1.77 bits per heavy atom. The number of piperidine rings is 1. The second kappa shape index (κ2) is 10.4. The number of aliphatic carboxylic acids is 1. The molecule has 1 rings (SSSR count). The van der Waals surface area contributed by atoms with Crippen LogP contribution in [-0.4, -0.2) is 71.5 Å². The van der Waals surface area contributed by atoms with Crippen LogP contribution in [0.2, 0.25) is 0 Å². The zero-order valence-corrected chi connectivity index (χ0v) is 20.2. The van der Waals surface area contributed by atoms with E-state index in [1.54, 1.807) is 18.0 Å². The van der Waals surface area contributed by atoms with Crippen molar-refractivity contribution in [2.75, 3.05) is 20.6 Å². The van der Waals surface area contributed by atoms with E-state index in [9.17, 15) is 19.5 Å². The van der Waals surface area contributed by atoms with Crippen LogP contribution in [0.5, 0.6) is 0 Å². The van der Waals surface area contributed by atoms with Crippen LogP contribution in [0.25, 0.3) is 0 Å². The zero-order valence-electron chi connectivity index (χ0n) is 20.2. The van der Waals surface area contributed by atoms with E-state index in [0.717, 1.165) is 19.4 Å². The van der Waals surface area contributed by atoms with Crippen LogP contribution in [0.3, 0.4) is 0 Å². The second-order valence-electron chi connectivity index (χ2n) is 10.3. The van der Waals surface area contributed by atoms with Gasteiger partial charge >= 0.3 is 5.97 Å². The van der Waals surface area contributed by atoms with E-state index in [1.165, 1.54) is 6.92 Å². The van der Waals surface area contributed by atoms with E-state index >= 15 is 0 Å². The van der Waals surface area contributed by atoms with Crippen molar-refractivity contribution < 1.29 is 19.5 Å². The first-order valence-electron chi connectivity index (χ1n) is 10.9. The molecule has 0 aromatic heterocycles. The van der Waals surface area contributed by atoms with Crippen molar-refractivity contribution in [1.29, 1.82) is 0 Å². The molecule has 1 heterocycles. The highest BCUT2D eigenvalue weighted by Gasteiger charge is 2.39. The molecule has 1 aliphatic heterocycles. The van der Waals surface area contributed by atoms with Gasteiger partial charge in [-0.25, -0.2) is 4.79 Å². The lowest BCUT2D eigenvalue weighted by molar-refractivity contribution is -0.141. The van der Waals surface area contributed by atoms with Crippen LogP contribution in [0.4, 0.5) is 0 Å². The maximum atomic E-state index is 13.5. The third-order valence-electron chi connectivity index (χ3n) is 6.00. The summed E-state index contributed by atoms with van der Waals surface area (Å²) in [6.07, 6.45) is 3.38. The molecule has 1 fully saturated rings. The molecule has 0 aliphatic carbocycles. The van der Waals surface area contributed by atoms with Crippen molar-refractivity contribution in [1.82, 2.24) is 15.1 Å². The zero-order chi connectivity index (χ0) is 23.4. The summed E-state index contributed by atoms with van der Waals surface area (Å²) in [7, 11) is 3.63. The van der Waals surface area contributed by atoms with E-state index in [0.29, 0.717) is 5.92 Å². The molecule has 1 aliphatic rings. The van der Waals surface area contributed by atoms with Gasteiger partial charge < -0.3 is 15.3 Å². The number of hydrogen-bond donors (Lipinski definition) is 2. The van der Waals surface area contributed by atoms with Crippen molar-refractivity contribution in [3.8, 4) is 0 Å². The van der Waals surface area contributed by atoms with Gasteiger partial charge in [-0.3, -0.25) is 14.5 Å². The number of hydrogen-bond acceptors (Lipinski definition) is 4. The highest BCUT2D eigenvalue weighted by atomic mass is 16.4. The second-order valence-corrected chi connectivity index (χ2v) is 10.3.